The first-order valence-corrected chi connectivity index (χ1v) is 8.45. The first kappa shape index (κ1) is 16.0. The predicted molar refractivity (Wildman–Crippen MR) is 87.6 cm³/mol. The average Bonchev–Trinajstić information content (AvgIpc) is 2.43. The van der Waals surface area contributed by atoms with E-state index in [-0.39, 0.29) is 12.3 Å². The summed E-state index contributed by atoms with van der Waals surface area (Å²) in [5, 5.41) is 3.67. The molecule has 1 unspecified atom stereocenters. The fourth-order valence-corrected chi connectivity index (χ4v) is 2.91. The molecule has 110 valence electrons. The molecule has 2 aromatic carbocycles. The summed E-state index contributed by atoms with van der Waals surface area (Å²) in [6, 6.07) is 12.0. The lowest BCUT2D eigenvalue weighted by atomic mass is 10.1. The lowest BCUT2D eigenvalue weighted by Crippen LogP contribution is -2.15. The van der Waals surface area contributed by atoms with E-state index in [2.05, 4.69) is 5.32 Å². The van der Waals surface area contributed by atoms with Crippen LogP contribution in [-0.2, 0) is 22.0 Å². The molecule has 0 aromatic heterocycles. The summed E-state index contributed by atoms with van der Waals surface area (Å²) >= 11 is 12.1. The molecule has 0 aliphatic carbocycles. The van der Waals surface area contributed by atoms with Crippen molar-refractivity contribution in [2.75, 3.05) is 11.6 Å². The van der Waals surface area contributed by atoms with Crippen molar-refractivity contribution in [3.8, 4) is 0 Å². The summed E-state index contributed by atoms with van der Waals surface area (Å²) in [6.07, 6.45) is 1.67. The van der Waals surface area contributed by atoms with E-state index in [4.69, 9.17) is 23.2 Å². The van der Waals surface area contributed by atoms with Crippen LogP contribution in [0.1, 0.15) is 5.56 Å². The highest BCUT2D eigenvalue weighted by Crippen LogP contribution is 2.25. The van der Waals surface area contributed by atoms with Crippen LogP contribution in [0.4, 0.5) is 5.69 Å². The van der Waals surface area contributed by atoms with Crippen LogP contribution < -0.4 is 5.32 Å². The van der Waals surface area contributed by atoms with Crippen molar-refractivity contribution < 1.29 is 9.00 Å². The van der Waals surface area contributed by atoms with Gasteiger partial charge in [0, 0.05) is 37.7 Å². The highest BCUT2D eigenvalue weighted by Gasteiger charge is 2.11. The molecule has 2 rings (SSSR count). The third kappa shape index (κ3) is 4.30. The Kier molecular flexibility index (Phi) is 5.39. The third-order valence-electron chi connectivity index (χ3n) is 2.85. The molecular formula is C15H13Cl2NO2S. The fourth-order valence-electron chi connectivity index (χ4n) is 1.82. The Labute approximate surface area is 135 Å². The van der Waals surface area contributed by atoms with Crippen LogP contribution in [0.5, 0.6) is 0 Å². The quantitative estimate of drug-likeness (QED) is 0.916. The Bertz CT molecular complexity index is 684. The van der Waals surface area contributed by atoms with E-state index in [9.17, 15) is 9.00 Å². The molecule has 0 spiro atoms. The highest BCUT2D eigenvalue weighted by atomic mass is 35.5. The summed E-state index contributed by atoms with van der Waals surface area (Å²) in [5.41, 5.74) is 1.18. The molecule has 0 fully saturated rings. The van der Waals surface area contributed by atoms with Crippen molar-refractivity contribution in [3.05, 3.63) is 58.1 Å². The number of benzene rings is 2. The van der Waals surface area contributed by atoms with Crippen LogP contribution in [0.25, 0.3) is 0 Å². The zero-order valence-corrected chi connectivity index (χ0v) is 13.6. The predicted octanol–water partition coefficient (Wildman–Crippen LogP) is 3.91. The van der Waals surface area contributed by atoms with Crippen molar-refractivity contribution in [2.24, 2.45) is 0 Å². The second kappa shape index (κ2) is 7.07. The Balaban J connectivity index is 2.12. The second-order valence-corrected chi connectivity index (χ2v) is 6.60. The molecule has 0 aliphatic rings. The molecule has 3 nitrogen and oxygen atoms in total. The first-order valence-electron chi connectivity index (χ1n) is 6.13. The molecule has 0 saturated heterocycles. The topological polar surface area (TPSA) is 46.2 Å². The lowest BCUT2D eigenvalue weighted by molar-refractivity contribution is -0.115. The summed E-state index contributed by atoms with van der Waals surface area (Å²) in [6.45, 7) is 0. The van der Waals surface area contributed by atoms with Crippen molar-refractivity contribution in [3.63, 3.8) is 0 Å². The Morgan fingerprint density at radius 2 is 1.76 bits per heavy atom. The summed E-state index contributed by atoms with van der Waals surface area (Å²) in [7, 11) is -1.09. The number of nitrogens with one attached hydrogen (secondary N) is 1. The number of rotatable bonds is 4. The Morgan fingerprint density at radius 1 is 1.14 bits per heavy atom. The molecule has 0 heterocycles. The molecule has 2 aromatic rings. The van der Waals surface area contributed by atoms with Crippen molar-refractivity contribution >= 4 is 45.6 Å². The molecule has 0 aliphatic heterocycles. The van der Waals surface area contributed by atoms with Gasteiger partial charge in [0.05, 0.1) is 6.42 Å². The molecule has 0 radical (unpaired) electrons. The van der Waals surface area contributed by atoms with E-state index < -0.39 is 10.8 Å². The summed E-state index contributed by atoms with van der Waals surface area (Å²) in [4.78, 5) is 12.7. The lowest BCUT2D eigenvalue weighted by Gasteiger charge is -2.09. The van der Waals surface area contributed by atoms with Crippen LogP contribution in [-0.4, -0.2) is 16.4 Å². The monoisotopic (exact) mass is 341 g/mol. The molecule has 1 N–H and O–H groups in total. The van der Waals surface area contributed by atoms with Crippen molar-refractivity contribution in [1.29, 1.82) is 0 Å². The largest absolute Gasteiger partial charge is 0.326 e. The van der Waals surface area contributed by atoms with Crippen LogP contribution in [0.2, 0.25) is 10.0 Å². The Morgan fingerprint density at radius 3 is 2.38 bits per heavy atom. The molecule has 6 heteroatoms. The van der Waals surface area contributed by atoms with Gasteiger partial charge in [0.1, 0.15) is 0 Å². The summed E-state index contributed by atoms with van der Waals surface area (Å²) < 4.78 is 11.4. The molecular weight excluding hydrogens is 329 g/mol. The maximum Gasteiger partial charge on any atom is 0.228 e. The van der Waals surface area contributed by atoms with Gasteiger partial charge in [0.15, 0.2) is 0 Å². The van der Waals surface area contributed by atoms with E-state index in [0.717, 1.165) is 0 Å². The van der Waals surface area contributed by atoms with Gasteiger partial charge >= 0.3 is 0 Å². The van der Waals surface area contributed by atoms with E-state index >= 15 is 0 Å². The number of hydrogen-bond acceptors (Lipinski definition) is 2. The fraction of sp³-hybridized carbons (Fsp3) is 0.133. The van der Waals surface area contributed by atoms with E-state index in [1.165, 1.54) is 0 Å². The average molecular weight is 342 g/mol. The standard InChI is InChI=1S/C15H13Cl2NO2S/c1-21(20)11-5-2-4-10(8-11)18-15(19)9-12-13(16)6-3-7-14(12)17/h2-8H,9H2,1H3,(H,18,19). The van der Waals surface area contributed by atoms with Crippen LogP contribution in [0, 0.1) is 0 Å². The maximum atomic E-state index is 12.1. The maximum absolute atomic E-state index is 12.1. The van der Waals surface area contributed by atoms with Crippen molar-refractivity contribution in [1.82, 2.24) is 0 Å². The van der Waals surface area contributed by atoms with Gasteiger partial charge in [-0.2, -0.15) is 0 Å². The van der Waals surface area contributed by atoms with E-state index in [0.29, 0.717) is 26.2 Å². The highest BCUT2D eigenvalue weighted by molar-refractivity contribution is 7.84. The number of carbonyl (C=O) groups is 1. The van der Waals surface area contributed by atoms with Gasteiger partial charge in [0.25, 0.3) is 0 Å². The van der Waals surface area contributed by atoms with Gasteiger partial charge in [-0.05, 0) is 35.9 Å². The van der Waals surface area contributed by atoms with E-state index in [1.807, 2.05) is 0 Å². The van der Waals surface area contributed by atoms with E-state index in [1.54, 1.807) is 48.7 Å². The zero-order valence-electron chi connectivity index (χ0n) is 11.2. The number of halogens is 2. The summed E-state index contributed by atoms with van der Waals surface area (Å²) in [5.74, 6) is -0.232. The normalized spacial score (nSPS) is 12.0. The van der Waals surface area contributed by atoms with Gasteiger partial charge in [-0.1, -0.05) is 35.3 Å². The van der Waals surface area contributed by atoms with Gasteiger partial charge in [-0.25, -0.2) is 0 Å². The van der Waals surface area contributed by atoms with Crippen LogP contribution in [0.15, 0.2) is 47.4 Å². The minimum atomic E-state index is -1.09. The number of anilines is 1. The van der Waals surface area contributed by atoms with Crippen LogP contribution in [0.3, 0.4) is 0 Å². The SMILES string of the molecule is CS(=O)c1cccc(NC(=O)Cc2c(Cl)cccc2Cl)c1. The second-order valence-electron chi connectivity index (χ2n) is 4.41. The minimum absolute atomic E-state index is 0.0813. The molecule has 1 atom stereocenters. The number of hydrogen-bond donors (Lipinski definition) is 1. The molecule has 0 saturated carbocycles. The zero-order chi connectivity index (χ0) is 15.4. The van der Waals surface area contributed by atoms with Gasteiger partial charge in [0.2, 0.25) is 5.91 Å². The van der Waals surface area contributed by atoms with Crippen LogP contribution >= 0.6 is 23.2 Å². The molecule has 21 heavy (non-hydrogen) atoms. The third-order valence-corrected chi connectivity index (χ3v) is 4.47. The number of amides is 1. The molecule has 1 amide bonds. The number of carbonyl (C=O) groups excluding carboxylic acids is 1. The first-order chi connectivity index (χ1) is 9.97. The van der Waals surface area contributed by atoms with Crippen molar-refractivity contribution in [2.45, 2.75) is 11.3 Å². The minimum Gasteiger partial charge on any atom is -0.326 e. The smallest absolute Gasteiger partial charge is 0.228 e. The van der Waals surface area contributed by atoms with Gasteiger partial charge in [-0.3, -0.25) is 9.00 Å². The Hall–Kier alpha value is -1.36. The van der Waals surface area contributed by atoms with Gasteiger partial charge < -0.3 is 5.32 Å². The van der Waals surface area contributed by atoms with Gasteiger partial charge in [-0.15, -0.1) is 0 Å². The molecule has 0 bridgehead atoms.